The Bertz CT molecular complexity index is 2550. The summed E-state index contributed by atoms with van der Waals surface area (Å²) in [7, 11) is 0. The lowest BCUT2D eigenvalue weighted by atomic mass is 10.1. The molecule has 0 spiro atoms. The number of hydrogen-bond donors (Lipinski definition) is 5. The van der Waals surface area contributed by atoms with Gasteiger partial charge in [0.25, 0.3) is 11.5 Å². The Balaban J connectivity index is 1.03. The van der Waals surface area contributed by atoms with Gasteiger partial charge in [0.2, 0.25) is 11.9 Å². The highest BCUT2D eigenvalue weighted by molar-refractivity contribution is 8.44. The Morgan fingerprint density at radius 3 is 2.00 bits per heavy atom. The maximum atomic E-state index is 16.4. The average Bonchev–Trinajstić information content (AvgIpc) is 3.94. The number of ether oxygens (including phenoxy) is 2. The largest absolute Gasteiger partial charge is 0.386 e. The molecule has 3 fully saturated rings. The predicted octanol–water partition coefficient (Wildman–Crippen LogP) is 4.17. The third-order valence-corrected chi connectivity index (χ3v) is 12.4. The lowest BCUT2D eigenvalue weighted by Gasteiger charge is -2.28. The topological polar surface area (TPSA) is 255 Å². The van der Waals surface area contributed by atoms with Crippen molar-refractivity contribution in [3.63, 3.8) is 0 Å². The van der Waals surface area contributed by atoms with Crippen molar-refractivity contribution < 1.29 is 55.1 Å². The lowest BCUT2D eigenvalue weighted by Crippen LogP contribution is -2.36. The summed E-state index contributed by atoms with van der Waals surface area (Å²) < 4.78 is 96.2. The first-order valence-electron chi connectivity index (χ1n) is 17.3. The second-order valence-electron chi connectivity index (χ2n) is 13.4. The number of hydrogen-bond acceptors (Lipinski definition) is 16. The van der Waals surface area contributed by atoms with E-state index < -0.39 is 99.3 Å². The van der Waals surface area contributed by atoms with E-state index in [1.54, 1.807) is 44.2 Å². The van der Waals surface area contributed by atoms with Crippen LogP contribution in [0.15, 0.2) is 54.1 Å². The van der Waals surface area contributed by atoms with Crippen LogP contribution in [0.5, 0.6) is 0 Å². The number of aromatic nitrogens is 8. The molecule has 10 atom stereocenters. The number of aromatic amines is 1. The fraction of sp³-hybridized carbons (Fsp3) is 0.419. The van der Waals surface area contributed by atoms with Gasteiger partial charge in [0, 0.05) is 11.5 Å². The molecule has 3 aliphatic rings. The van der Waals surface area contributed by atoms with Crippen molar-refractivity contribution in [1.82, 2.24) is 39.0 Å². The van der Waals surface area contributed by atoms with Crippen molar-refractivity contribution in [3.05, 3.63) is 65.2 Å². The van der Waals surface area contributed by atoms with E-state index in [0.717, 1.165) is 17.2 Å². The molecular weight excluding hydrogens is 852 g/mol. The molecule has 0 radical (unpaired) electrons. The Labute approximate surface area is 335 Å². The van der Waals surface area contributed by atoms with Crippen LogP contribution in [-0.4, -0.2) is 101 Å². The third kappa shape index (κ3) is 7.95. The zero-order valence-electron chi connectivity index (χ0n) is 29.9. The van der Waals surface area contributed by atoms with Gasteiger partial charge in [-0.15, -0.1) is 0 Å². The first-order valence-corrected chi connectivity index (χ1v) is 22.7. The summed E-state index contributed by atoms with van der Waals surface area (Å²) in [6.45, 7) is -7.38. The van der Waals surface area contributed by atoms with Crippen LogP contribution in [0.2, 0.25) is 0 Å². The molecule has 1 aromatic carbocycles. The van der Waals surface area contributed by atoms with E-state index in [9.17, 15) is 23.5 Å². The number of thiol groups is 2. The van der Waals surface area contributed by atoms with Gasteiger partial charge in [0.15, 0.2) is 52.9 Å². The van der Waals surface area contributed by atoms with E-state index in [0.29, 0.717) is 5.56 Å². The predicted molar refractivity (Wildman–Crippen MR) is 204 cm³/mol. The normalized spacial score (nSPS) is 31.7. The number of carbonyl (C=O) groups excluding carboxylic acids is 2. The van der Waals surface area contributed by atoms with Crippen LogP contribution in [0, 0.1) is 5.92 Å². The molecule has 308 valence electrons. The van der Waals surface area contributed by atoms with E-state index in [-0.39, 0.29) is 34.1 Å². The number of nitrogens with zero attached hydrogens (tertiary/aromatic N) is 7. The second kappa shape index (κ2) is 15.8. The standard InChI is InChI=1S/C31H32F2N10O11P2S2/c1-13(2)26(44)40-31-39-25-20(28(46)41-31)37-12-43(25)30-18(33)22-16(52-30)9-50-55(47,57)53-21-15(8-49-56(48,58)54-22)51-29(17(21)32)42-11-36-19-23(34-10-35-24(19)42)38-27(45)14-6-4-3-5-7-14/h3-7,10-13,15-18,21-22,29-30H,8-9H2,1-2H3,(H,47,57)(H,48,58)(H,34,35,38,45)(H2,39,40,41,44,46)/t15-,16?,17-,18-,21-,22-,29-,30-,55-,56-/m1/s1. The van der Waals surface area contributed by atoms with E-state index >= 15 is 8.78 Å². The molecule has 7 heterocycles. The van der Waals surface area contributed by atoms with E-state index in [1.165, 1.54) is 10.9 Å². The highest BCUT2D eigenvalue weighted by Crippen LogP contribution is 2.60. The lowest BCUT2D eigenvalue weighted by molar-refractivity contribution is -0.118. The summed E-state index contributed by atoms with van der Waals surface area (Å²) in [4.78, 5) is 61.0. The van der Waals surface area contributed by atoms with E-state index in [2.05, 4.69) is 65.0 Å². The molecule has 8 rings (SSSR count). The van der Waals surface area contributed by atoms with Gasteiger partial charge in [-0.3, -0.25) is 51.9 Å². The summed E-state index contributed by atoms with van der Waals surface area (Å²) in [5, 5.41) is 5.10. The number of rotatable bonds is 6. The average molecular weight is 885 g/mol. The summed E-state index contributed by atoms with van der Waals surface area (Å²) >= 11 is 8.06. The van der Waals surface area contributed by atoms with Crippen molar-refractivity contribution >= 4 is 84.0 Å². The zero-order chi connectivity index (χ0) is 41.1. The summed E-state index contributed by atoms with van der Waals surface area (Å²) in [5.74, 6) is -1.64. The maximum absolute atomic E-state index is 16.4. The minimum Gasteiger partial charge on any atom is -0.346 e. The number of halogens is 2. The van der Waals surface area contributed by atoms with Crippen molar-refractivity contribution in [1.29, 1.82) is 0 Å². The van der Waals surface area contributed by atoms with Gasteiger partial charge in [0.05, 0.1) is 25.9 Å². The van der Waals surface area contributed by atoms with Gasteiger partial charge < -0.3 is 14.8 Å². The maximum Gasteiger partial charge on any atom is 0.386 e. The smallest absolute Gasteiger partial charge is 0.346 e. The van der Waals surface area contributed by atoms with Crippen LogP contribution >= 0.6 is 38.1 Å². The molecule has 3 aliphatic heterocycles. The van der Waals surface area contributed by atoms with Crippen LogP contribution in [0.3, 0.4) is 0 Å². The van der Waals surface area contributed by atoms with E-state index in [1.807, 2.05) is 0 Å². The summed E-state index contributed by atoms with van der Waals surface area (Å²) in [6, 6.07) is 8.30. The van der Waals surface area contributed by atoms with Crippen LogP contribution in [0.25, 0.3) is 22.3 Å². The number of amides is 2. The fourth-order valence-electron chi connectivity index (χ4n) is 6.39. The molecule has 0 saturated carbocycles. The number of imidazole rings is 2. The zero-order valence-corrected chi connectivity index (χ0v) is 33.5. The third-order valence-electron chi connectivity index (χ3n) is 9.22. The fourth-order valence-corrected chi connectivity index (χ4v) is 9.36. The van der Waals surface area contributed by atoms with E-state index in [4.69, 9.17) is 27.6 Å². The van der Waals surface area contributed by atoms with Gasteiger partial charge >= 0.3 is 13.6 Å². The first-order chi connectivity index (χ1) is 27.6. The molecular formula is C31H32F2N10O11P2S2. The SMILES string of the molecule is CC(C)C(=O)Nc1nc2c(ncn2[C@@H]2OC3CO[P@@](=O)(S)O[C@H]4[C@@H](F)[C@H](n5cnc6c(NC(=O)c7ccccc7)ncnc65)O[C@@H]4CO[P@@](=O)(S)O[C@H]3[C@H]2F)c(=O)[nH]1. The number of anilines is 2. The van der Waals surface area contributed by atoms with Crippen LogP contribution in [-0.2, 0) is 41.5 Å². The van der Waals surface area contributed by atoms with Crippen molar-refractivity contribution in [2.75, 3.05) is 23.8 Å². The van der Waals surface area contributed by atoms with Gasteiger partial charge in [-0.05, 0) is 12.1 Å². The minimum atomic E-state index is -4.55. The molecule has 4 aromatic heterocycles. The molecule has 1 unspecified atom stereocenters. The molecule has 3 N–H and O–H groups in total. The number of nitrogens with one attached hydrogen (secondary N) is 3. The van der Waals surface area contributed by atoms with Crippen LogP contribution in [0.1, 0.15) is 36.7 Å². The number of benzene rings is 1. The Morgan fingerprint density at radius 2 is 1.41 bits per heavy atom. The highest BCUT2D eigenvalue weighted by Gasteiger charge is 2.54. The quantitative estimate of drug-likeness (QED) is 0.118. The number of fused-ring (bicyclic) bond motifs is 4. The molecule has 27 heteroatoms. The first kappa shape index (κ1) is 40.6. The van der Waals surface area contributed by atoms with Gasteiger partial charge in [0.1, 0.15) is 30.7 Å². The van der Waals surface area contributed by atoms with Crippen LogP contribution in [0.4, 0.5) is 20.5 Å². The summed E-state index contributed by atoms with van der Waals surface area (Å²) in [6.07, 6.45) is -10.7. The number of alkyl halides is 2. The van der Waals surface area contributed by atoms with Crippen molar-refractivity contribution in [3.8, 4) is 0 Å². The van der Waals surface area contributed by atoms with Gasteiger partial charge in [-0.2, -0.15) is 4.98 Å². The second-order valence-corrected chi connectivity index (χ2v) is 19.2. The molecule has 5 aromatic rings. The number of H-pyrrole nitrogens is 1. The van der Waals surface area contributed by atoms with Crippen molar-refractivity contribution in [2.45, 2.75) is 63.1 Å². The Kier molecular flexibility index (Phi) is 11.1. The minimum absolute atomic E-state index is 0.0192. The molecule has 21 nitrogen and oxygen atoms in total. The Hall–Kier alpha value is -4.16. The monoisotopic (exact) mass is 884 g/mol. The van der Waals surface area contributed by atoms with Gasteiger partial charge in [-0.25, -0.2) is 37.8 Å². The molecule has 3 saturated heterocycles. The molecule has 0 bridgehead atoms. The molecule has 58 heavy (non-hydrogen) atoms. The molecule has 0 aliphatic carbocycles. The Morgan fingerprint density at radius 1 is 0.845 bits per heavy atom. The van der Waals surface area contributed by atoms with Gasteiger partial charge in [-0.1, -0.05) is 56.5 Å². The summed E-state index contributed by atoms with van der Waals surface area (Å²) in [5.41, 5.74) is -0.715. The highest BCUT2D eigenvalue weighted by atomic mass is 32.7. The number of carbonyl (C=O) groups is 2. The molecule has 2 amide bonds. The van der Waals surface area contributed by atoms with Crippen LogP contribution < -0.4 is 16.2 Å². The van der Waals surface area contributed by atoms with Crippen molar-refractivity contribution in [2.24, 2.45) is 5.92 Å².